The zero-order chi connectivity index (χ0) is 16.2. The quantitative estimate of drug-likeness (QED) is 0.875. The van der Waals surface area contributed by atoms with Crippen LogP contribution in [-0.2, 0) is 14.3 Å². The normalized spacial score (nSPS) is 24.3. The van der Waals surface area contributed by atoms with Crippen molar-refractivity contribution < 1.29 is 18.7 Å². The Labute approximate surface area is 151 Å². The van der Waals surface area contributed by atoms with Gasteiger partial charge in [-0.25, -0.2) is 4.39 Å². The molecule has 1 aromatic rings. The lowest BCUT2D eigenvalue weighted by atomic mass is 10.1. The lowest BCUT2D eigenvalue weighted by Gasteiger charge is -2.34. The van der Waals surface area contributed by atoms with E-state index in [0.29, 0.717) is 39.3 Å². The molecule has 1 N–H and O–H groups in total. The zero-order valence-electron chi connectivity index (χ0n) is 13.2. The van der Waals surface area contributed by atoms with Crippen LogP contribution in [0.15, 0.2) is 18.2 Å². The average molecular weight is 379 g/mol. The summed E-state index contributed by atoms with van der Waals surface area (Å²) in [7, 11) is 0. The number of halogens is 3. The predicted octanol–water partition coefficient (Wildman–Crippen LogP) is 2.18. The zero-order valence-corrected chi connectivity index (χ0v) is 14.7. The number of benzene rings is 1. The Morgan fingerprint density at radius 3 is 2.96 bits per heavy atom. The molecule has 0 bridgehead atoms. The first-order valence-corrected chi connectivity index (χ1v) is 8.17. The second kappa shape index (κ2) is 8.97. The first-order valence-electron chi connectivity index (χ1n) is 7.79. The van der Waals surface area contributed by atoms with Crippen LogP contribution in [0.4, 0.5) is 4.39 Å². The lowest BCUT2D eigenvalue weighted by molar-refractivity contribution is -0.140. The topological polar surface area (TPSA) is 50.8 Å². The van der Waals surface area contributed by atoms with Crippen molar-refractivity contribution in [3.8, 4) is 0 Å². The Kier molecular flexibility index (Phi) is 7.25. The summed E-state index contributed by atoms with van der Waals surface area (Å²) in [6.45, 7) is 3.51. The van der Waals surface area contributed by atoms with Gasteiger partial charge in [-0.3, -0.25) is 4.79 Å². The van der Waals surface area contributed by atoms with Crippen molar-refractivity contribution in [3.05, 3.63) is 34.6 Å². The van der Waals surface area contributed by atoms with E-state index in [1.165, 1.54) is 6.07 Å². The SMILES string of the molecule is Cl.O=C(CC1COCCN1)N1CCOC(c2ccc(F)c(Cl)c2)C1. The van der Waals surface area contributed by atoms with E-state index in [-0.39, 0.29) is 35.5 Å². The number of hydrogen-bond acceptors (Lipinski definition) is 4. The minimum absolute atomic E-state index is 0. The lowest BCUT2D eigenvalue weighted by Crippen LogP contribution is -2.48. The third kappa shape index (κ3) is 4.80. The summed E-state index contributed by atoms with van der Waals surface area (Å²) in [4.78, 5) is 14.2. The van der Waals surface area contributed by atoms with Crippen LogP contribution in [-0.4, -0.2) is 56.3 Å². The van der Waals surface area contributed by atoms with E-state index in [1.807, 2.05) is 0 Å². The van der Waals surface area contributed by atoms with Crippen LogP contribution < -0.4 is 5.32 Å². The highest BCUT2D eigenvalue weighted by Crippen LogP contribution is 2.26. The minimum atomic E-state index is -0.456. The number of rotatable bonds is 3. The maximum absolute atomic E-state index is 13.3. The molecule has 8 heteroatoms. The Morgan fingerprint density at radius 1 is 1.42 bits per heavy atom. The van der Waals surface area contributed by atoms with Crippen molar-refractivity contribution >= 4 is 29.9 Å². The van der Waals surface area contributed by atoms with Crippen LogP contribution in [0.5, 0.6) is 0 Å². The van der Waals surface area contributed by atoms with Gasteiger partial charge < -0.3 is 19.7 Å². The van der Waals surface area contributed by atoms with Gasteiger partial charge >= 0.3 is 0 Å². The number of hydrogen-bond donors (Lipinski definition) is 1. The number of morpholine rings is 2. The molecule has 2 atom stereocenters. The molecule has 2 aliphatic rings. The summed E-state index contributed by atoms with van der Waals surface area (Å²) in [5.74, 6) is -0.378. The third-order valence-corrected chi connectivity index (χ3v) is 4.44. The fraction of sp³-hybridized carbons (Fsp3) is 0.562. The molecule has 3 rings (SSSR count). The Bertz CT molecular complexity index is 570. The number of nitrogens with zero attached hydrogens (tertiary/aromatic N) is 1. The summed E-state index contributed by atoms with van der Waals surface area (Å²) < 4.78 is 24.4. The molecule has 0 aromatic heterocycles. The number of nitrogens with one attached hydrogen (secondary N) is 1. The Hall–Kier alpha value is -0.920. The van der Waals surface area contributed by atoms with Gasteiger partial charge in [0, 0.05) is 25.6 Å². The van der Waals surface area contributed by atoms with Crippen molar-refractivity contribution in [2.45, 2.75) is 18.6 Å². The first kappa shape index (κ1) is 19.4. The standard InChI is InChI=1S/C16H20ClFN2O3.ClH/c17-13-7-11(1-2-14(13)18)15-9-20(4-6-23-15)16(21)8-12-10-22-5-3-19-12;/h1-2,7,12,15,19H,3-6,8-10H2;1H. The molecule has 0 saturated carbocycles. The summed E-state index contributed by atoms with van der Waals surface area (Å²) >= 11 is 5.83. The van der Waals surface area contributed by atoms with Crippen LogP contribution in [0.25, 0.3) is 0 Å². The van der Waals surface area contributed by atoms with Gasteiger partial charge in [0.1, 0.15) is 11.9 Å². The highest BCUT2D eigenvalue weighted by atomic mass is 35.5. The number of carbonyl (C=O) groups excluding carboxylic acids is 1. The molecule has 2 fully saturated rings. The van der Waals surface area contributed by atoms with Gasteiger partial charge in [0.15, 0.2) is 0 Å². The molecule has 1 aromatic carbocycles. The summed E-state index contributed by atoms with van der Waals surface area (Å²) in [5.41, 5.74) is 0.785. The fourth-order valence-electron chi connectivity index (χ4n) is 2.88. The predicted molar refractivity (Wildman–Crippen MR) is 91.2 cm³/mol. The maximum Gasteiger partial charge on any atom is 0.224 e. The highest BCUT2D eigenvalue weighted by Gasteiger charge is 2.27. The third-order valence-electron chi connectivity index (χ3n) is 4.15. The molecule has 2 unspecified atom stereocenters. The van der Waals surface area contributed by atoms with E-state index in [4.69, 9.17) is 21.1 Å². The number of ether oxygens (including phenoxy) is 2. The van der Waals surface area contributed by atoms with Crippen molar-refractivity contribution in [2.24, 2.45) is 0 Å². The van der Waals surface area contributed by atoms with E-state index in [9.17, 15) is 9.18 Å². The highest BCUT2D eigenvalue weighted by molar-refractivity contribution is 6.30. The van der Waals surface area contributed by atoms with Crippen molar-refractivity contribution in [3.63, 3.8) is 0 Å². The molecular weight excluding hydrogens is 358 g/mol. The molecule has 0 spiro atoms. The smallest absolute Gasteiger partial charge is 0.224 e. The molecule has 1 amide bonds. The largest absolute Gasteiger partial charge is 0.378 e. The van der Waals surface area contributed by atoms with Gasteiger partial charge in [-0.05, 0) is 17.7 Å². The second-order valence-corrected chi connectivity index (χ2v) is 6.21. The average Bonchev–Trinajstić information content (AvgIpc) is 2.58. The number of amides is 1. The van der Waals surface area contributed by atoms with Crippen molar-refractivity contribution in [2.75, 3.05) is 39.5 Å². The van der Waals surface area contributed by atoms with Crippen molar-refractivity contribution in [1.82, 2.24) is 10.2 Å². The molecule has 0 aliphatic carbocycles. The molecule has 5 nitrogen and oxygen atoms in total. The molecular formula is C16H21Cl2FN2O3. The molecule has 2 aliphatic heterocycles. The fourth-order valence-corrected chi connectivity index (χ4v) is 3.07. The number of carbonyl (C=O) groups is 1. The molecule has 2 heterocycles. The van der Waals surface area contributed by atoms with E-state index in [2.05, 4.69) is 5.32 Å². The van der Waals surface area contributed by atoms with E-state index < -0.39 is 5.82 Å². The van der Waals surface area contributed by atoms with E-state index in [0.717, 1.165) is 12.1 Å². The van der Waals surface area contributed by atoms with Crippen LogP contribution in [0.3, 0.4) is 0 Å². The van der Waals surface area contributed by atoms with Crippen LogP contribution in [0, 0.1) is 5.82 Å². The minimum Gasteiger partial charge on any atom is -0.378 e. The summed E-state index contributed by atoms with van der Waals surface area (Å²) in [6, 6.07) is 4.60. The van der Waals surface area contributed by atoms with Crippen molar-refractivity contribution in [1.29, 1.82) is 0 Å². The monoisotopic (exact) mass is 378 g/mol. The maximum atomic E-state index is 13.3. The van der Waals surface area contributed by atoms with Gasteiger partial charge in [0.25, 0.3) is 0 Å². The van der Waals surface area contributed by atoms with Crippen LogP contribution in [0.2, 0.25) is 5.02 Å². The van der Waals surface area contributed by atoms with Gasteiger partial charge in [0.2, 0.25) is 5.91 Å². The van der Waals surface area contributed by atoms with E-state index in [1.54, 1.807) is 17.0 Å². The molecule has 0 radical (unpaired) electrons. The van der Waals surface area contributed by atoms with Gasteiger partial charge in [-0.1, -0.05) is 17.7 Å². The molecule has 2 saturated heterocycles. The molecule has 24 heavy (non-hydrogen) atoms. The second-order valence-electron chi connectivity index (χ2n) is 5.80. The summed E-state index contributed by atoms with van der Waals surface area (Å²) in [6.07, 6.45) is 0.137. The first-order chi connectivity index (χ1) is 11.1. The van der Waals surface area contributed by atoms with Gasteiger partial charge in [0.05, 0.1) is 31.4 Å². The molecule has 134 valence electrons. The van der Waals surface area contributed by atoms with Gasteiger partial charge in [-0.15, -0.1) is 12.4 Å². The van der Waals surface area contributed by atoms with Gasteiger partial charge in [-0.2, -0.15) is 0 Å². The van der Waals surface area contributed by atoms with Crippen LogP contribution in [0.1, 0.15) is 18.1 Å². The summed E-state index contributed by atoms with van der Waals surface area (Å²) in [5, 5.41) is 3.35. The van der Waals surface area contributed by atoms with E-state index >= 15 is 0 Å². The Morgan fingerprint density at radius 2 is 2.25 bits per heavy atom. The van der Waals surface area contributed by atoms with Crippen LogP contribution >= 0.6 is 24.0 Å². The Balaban J connectivity index is 0.00000208.